The molecule has 7 heteroatoms. The van der Waals surface area contributed by atoms with Crippen molar-refractivity contribution < 1.29 is 0 Å². The van der Waals surface area contributed by atoms with E-state index in [9.17, 15) is 0 Å². The molecule has 0 amide bonds. The van der Waals surface area contributed by atoms with Crippen LogP contribution in [-0.2, 0) is 13.0 Å². The molecule has 1 unspecified atom stereocenters. The molecule has 0 saturated carbocycles. The molecule has 92 valence electrons. The fourth-order valence-corrected chi connectivity index (χ4v) is 1.86. The largest absolute Gasteiger partial charge is 0.271 e. The van der Waals surface area contributed by atoms with Crippen molar-refractivity contribution in [2.24, 2.45) is 5.84 Å². The lowest BCUT2D eigenvalue weighted by molar-refractivity contribution is 0.497. The summed E-state index contributed by atoms with van der Waals surface area (Å²) in [5.41, 5.74) is 4.88. The minimum Gasteiger partial charge on any atom is -0.271 e. The summed E-state index contributed by atoms with van der Waals surface area (Å²) in [5.74, 6) is 6.27. The molecule has 2 rings (SSSR count). The van der Waals surface area contributed by atoms with Gasteiger partial charge in [-0.3, -0.25) is 15.6 Å². The molecule has 0 aliphatic heterocycles. The van der Waals surface area contributed by atoms with E-state index in [-0.39, 0.29) is 6.04 Å². The van der Waals surface area contributed by atoms with Gasteiger partial charge in [0.1, 0.15) is 12.2 Å². The molecular formula is C10H17N7. The van der Waals surface area contributed by atoms with Crippen LogP contribution in [0.4, 0.5) is 0 Å². The van der Waals surface area contributed by atoms with Gasteiger partial charge in [-0.05, 0) is 19.9 Å². The predicted octanol–water partition coefficient (Wildman–Crippen LogP) is 0.0766. The third kappa shape index (κ3) is 2.51. The maximum Gasteiger partial charge on any atom is 0.143 e. The Morgan fingerprint density at radius 1 is 1.59 bits per heavy atom. The number of aryl methyl sites for hydroxylation is 2. The highest BCUT2D eigenvalue weighted by Gasteiger charge is 2.16. The zero-order chi connectivity index (χ0) is 12.3. The minimum absolute atomic E-state index is 0.0844. The number of rotatable bonds is 5. The van der Waals surface area contributed by atoms with Crippen molar-refractivity contribution in [1.82, 2.24) is 30.4 Å². The molecule has 0 spiro atoms. The summed E-state index contributed by atoms with van der Waals surface area (Å²) < 4.78 is 1.97. The maximum atomic E-state index is 5.54. The van der Waals surface area contributed by atoms with E-state index in [1.165, 1.54) is 6.33 Å². The molecule has 0 saturated heterocycles. The first-order valence-corrected chi connectivity index (χ1v) is 5.59. The van der Waals surface area contributed by atoms with Crippen LogP contribution in [0.5, 0.6) is 0 Å². The number of nitrogens with zero attached hydrogens (tertiary/aromatic N) is 4. The Labute approximate surface area is 99.4 Å². The van der Waals surface area contributed by atoms with Crippen LogP contribution >= 0.6 is 0 Å². The molecule has 2 aromatic heterocycles. The molecule has 17 heavy (non-hydrogen) atoms. The summed E-state index contributed by atoms with van der Waals surface area (Å²) in [6.07, 6.45) is 2.20. The zero-order valence-corrected chi connectivity index (χ0v) is 10.0. The zero-order valence-electron chi connectivity index (χ0n) is 10.0. The van der Waals surface area contributed by atoms with E-state index in [4.69, 9.17) is 5.84 Å². The number of nitrogens with one attached hydrogen (secondary N) is 2. The predicted molar refractivity (Wildman–Crippen MR) is 62.8 cm³/mol. The molecule has 4 N–H and O–H groups in total. The van der Waals surface area contributed by atoms with Gasteiger partial charge in [-0.2, -0.15) is 10.2 Å². The summed E-state index contributed by atoms with van der Waals surface area (Å²) in [5, 5.41) is 11.0. The van der Waals surface area contributed by atoms with Gasteiger partial charge in [-0.15, -0.1) is 0 Å². The maximum absolute atomic E-state index is 5.54. The van der Waals surface area contributed by atoms with Gasteiger partial charge in [0.2, 0.25) is 0 Å². The van der Waals surface area contributed by atoms with Crippen molar-refractivity contribution in [3.8, 4) is 0 Å². The smallest absolute Gasteiger partial charge is 0.143 e. The standard InChI is InChI=1S/C10H17N7/c1-3-17-8(4-7(2)16-17)5-9(14-11)10-12-6-13-15-10/h4,6,9,14H,3,5,11H2,1-2H3,(H,12,13,15). The van der Waals surface area contributed by atoms with Gasteiger partial charge in [0.25, 0.3) is 0 Å². The summed E-state index contributed by atoms with van der Waals surface area (Å²) in [6.45, 7) is 4.89. The SMILES string of the molecule is CCn1nc(C)cc1CC(NN)c1ncn[nH]1. The fraction of sp³-hybridized carbons (Fsp3) is 0.500. The Bertz CT molecular complexity index is 459. The molecule has 7 nitrogen and oxygen atoms in total. The van der Waals surface area contributed by atoms with Gasteiger partial charge in [0, 0.05) is 18.7 Å². The summed E-state index contributed by atoms with van der Waals surface area (Å²) in [6, 6.07) is 1.98. The number of nitrogens with two attached hydrogens (primary N) is 1. The summed E-state index contributed by atoms with van der Waals surface area (Å²) >= 11 is 0. The van der Waals surface area contributed by atoms with Gasteiger partial charge >= 0.3 is 0 Å². The highest BCUT2D eigenvalue weighted by molar-refractivity contribution is 5.12. The highest BCUT2D eigenvalue weighted by atomic mass is 15.3. The molecular weight excluding hydrogens is 218 g/mol. The molecule has 0 bridgehead atoms. The van der Waals surface area contributed by atoms with Crippen molar-refractivity contribution in [2.45, 2.75) is 32.9 Å². The Hall–Kier alpha value is -1.73. The number of hydrazine groups is 1. The first kappa shape index (κ1) is 11.7. The van der Waals surface area contributed by atoms with Crippen molar-refractivity contribution >= 4 is 0 Å². The van der Waals surface area contributed by atoms with Gasteiger partial charge in [0.15, 0.2) is 0 Å². The average Bonchev–Trinajstić information content (AvgIpc) is 2.94. The lowest BCUT2D eigenvalue weighted by Gasteiger charge is -2.13. The van der Waals surface area contributed by atoms with E-state index in [1.807, 2.05) is 11.6 Å². The third-order valence-electron chi connectivity index (χ3n) is 2.66. The molecule has 0 radical (unpaired) electrons. The van der Waals surface area contributed by atoms with Crippen molar-refractivity contribution in [3.63, 3.8) is 0 Å². The highest BCUT2D eigenvalue weighted by Crippen LogP contribution is 2.14. The van der Waals surface area contributed by atoms with E-state index in [0.29, 0.717) is 0 Å². The normalized spacial score (nSPS) is 12.9. The quantitative estimate of drug-likeness (QED) is 0.503. The Morgan fingerprint density at radius 2 is 2.41 bits per heavy atom. The van der Waals surface area contributed by atoms with Crippen molar-refractivity contribution in [1.29, 1.82) is 0 Å². The lowest BCUT2D eigenvalue weighted by Crippen LogP contribution is -2.31. The number of hydrogen-bond acceptors (Lipinski definition) is 5. The van der Waals surface area contributed by atoms with Crippen LogP contribution in [0.1, 0.15) is 30.2 Å². The van der Waals surface area contributed by atoms with Crippen molar-refractivity contribution in [3.05, 3.63) is 29.6 Å². The Morgan fingerprint density at radius 3 is 3.00 bits per heavy atom. The van der Waals surface area contributed by atoms with E-state index in [2.05, 4.69) is 38.7 Å². The molecule has 0 aliphatic rings. The summed E-state index contributed by atoms with van der Waals surface area (Å²) in [4.78, 5) is 4.11. The van der Waals surface area contributed by atoms with Crippen LogP contribution in [0.3, 0.4) is 0 Å². The number of hydrogen-bond donors (Lipinski definition) is 3. The van der Waals surface area contributed by atoms with Crippen molar-refractivity contribution in [2.75, 3.05) is 0 Å². The number of aromatic amines is 1. The van der Waals surface area contributed by atoms with Crippen LogP contribution in [0.2, 0.25) is 0 Å². The first-order chi connectivity index (χ1) is 8.24. The first-order valence-electron chi connectivity index (χ1n) is 5.59. The summed E-state index contributed by atoms with van der Waals surface area (Å²) in [7, 11) is 0. The second kappa shape index (κ2) is 5.07. The molecule has 0 fully saturated rings. The van der Waals surface area contributed by atoms with Gasteiger partial charge in [0.05, 0.1) is 11.7 Å². The fourth-order valence-electron chi connectivity index (χ4n) is 1.86. The van der Waals surface area contributed by atoms with E-state index in [0.717, 1.165) is 30.2 Å². The van der Waals surface area contributed by atoms with Crippen LogP contribution in [0.25, 0.3) is 0 Å². The molecule has 2 heterocycles. The molecule has 0 aromatic carbocycles. The van der Waals surface area contributed by atoms with Gasteiger partial charge in [-0.25, -0.2) is 10.4 Å². The van der Waals surface area contributed by atoms with Gasteiger partial charge in [-0.1, -0.05) is 0 Å². The minimum atomic E-state index is -0.0844. The monoisotopic (exact) mass is 235 g/mol. The molecule has 0 aliphatic carbocycles. The third-order valence-corrected chi connectivity index (χ3v) is 2.66. The van der Waals surface area contributed by atoms with Crippen LogP contribution < -0.4 is 11.3 Å². The van der Waals surface area contributed by atoms with E-state index < -0.39 is 0 Å². The average molecular weight is 235 g/mol. The lowest BCUT2D eigenvalue weighted by atomic mass is 10.1. The second-order valence-corrected chi connectivity index (χ2v) is 3.89. The van der Waals surface area contributed by atoms with E-state index >= 15 is 0 Å². The Kier molecular flexibility index (Phi) is 3.50. The number of aromatic nitrogens is 5. The number of H-pyrrole nitrogens is 1. The molecule has 2 aromatic rings. The Balaban J connectivity index is 2.18. The van der Waals surface area contributed by atoms with Crippen LogP contribution in [-0.4, -0.2) is 25.0 Å². The van der Waals surface area contributed by atoms with E-state index in [1.54, 1.807) is 0 Å². The van der Waals surface area contributed by atoms with Gasteiger partial charge < -0.3 is 0 Å². The second-order valence-electron chi connectivity index (χ2n) is 3.89. The topological polar surface area (TPSA) is 97.4 Å². The van der Waals surface area contributed by atoms with Crippen LogP contribution in [0.15, 0.2) is 12.4 Å². The van der Waals surface area contributed by atoms with Crippen LogP contribution in [0, 0.1) is 6.92 Å². The molecule has 1 atom stereocenters.